The first-order valence-corrected chi connectivity index (χ1v) is 10.9. The SMILES string of the molecule is CN(C)CCCn1ccc2cc(Nc3ccc(C(=O)Cc4cccc(F)c4)cc3)ccc21. The van der Waals surface area contributed by atoms with Crippen LogP contribution in [0.2, 0.25) is 0 Å². The lowest BCUT2D eigenvalue weighted by atomic mass is 10.0. The highest BCUT2D eigenvalue weighted by Gasteiger charge is 2.08. The molecule has 0 aliphatic carbocycles. The van der Waals surface area contributed by atoms with Gasteiger partial charge in [0, 0.05) is 47.0 Å². The number of aryl methyl sites for hydroxylation is 1. The minimum atomic E-state index is -0.323. The summed E-state index contributed by atoms with van der Waals surface area (Å²) in [5.41, 5.74) is 4.44. The number of carbonyl (C=O) groups excluding carboxylic acids is 1. The van der Waals surface area contributed by atoms with Crippen molar-refractivity contribution in [3.63, 3.8) is 0 Å². The van der Waals surface area contributed by atoms with Gasteiger partial charge in [0.1, 0.15) is 5.82 Å². The monoisotopic (exact) mass is 429 g/mol. The summed E-state index contributed by atoms with van der Waals surface area (Å²) in [5, 5.41) is 4.61. The number of ketones is 1. The third-order valence-corrected chi connectivity index (χ3v) is 5.52. The number of aromatic nitrogens is 1. The van der Waals surface area contributed by atoms with E-state index in [1.807, 2.05) is 24.3 Å². The lowest BCUT2D eigenvalue weighted by Crippen LogP contribution is -2.14. The van der Waals surface area contributed by atoms with Gasteiger partial charge in [-0.1, -0.05) is 12.1 Å². The van der Waals surface area contributed by atoms with Crippen molar-refractivity contribution in [3.05, 3.63) is 95.9 Å². The Morgan fingerprint density at radius 3 is 2.50 bits per heavy atom. The van der Waals surface area contributed by atoms with E-state index in [-0.39, 0.29) is 18.0 Å². The van der Waals surface area contributed by atoms with Gasteiger partial charge in [-0.05, 0) is 93.3 Å². The van der Waals surface area contributed by atoms with Gasteiger partial charge in [-0.2, -0.15) is 0 Å². The Morgan fingerprint density at radius 1 is 0.969 bits per heavy atom. The zero-order valence-electron chi connectivity index (χ0n) is 18.5. The first-order chi connectivity index (χ1) is 15.5. The van der Waals surface area contributed by atoms with E-state index in [0.29, 0.717) is 11.1 Å². The maximum Gasteiger partial charge on any atom is 0.167 e. The third-order valence-electron chi connectivity index (χ3n) is 5.52. The van der Waals surface area contributed by atoms with Crippen molar-refractivity contribution in [3.8, 4) is 0 Å². The molecule has 4 aromatic rings. The number of anilines is 2. The molecule has 1 N–H and O–H groups in total. The molecule has 4 nitrogen and oxygen atoms in total. The van der Waals surface area contributed by atoms with Gasteiger partial charge in [0.05, 0.1) is 0 Å². The van der Waals surface area contributed by atoms with Gasteiger partial charge in [0.25, 0.3) is 0 Å². The number of carbonyl (C=O) groups is 1. The third kappa shape index (κ3) is 5.42. The molecule has 3 aromatic carbocycles. The fraction of sp³-hybridized carbons (Fsp3) is 0.222. The standard InChI is InChI=1S/C27H28FN3O/c1-30(2)14-4-15-31-16-13-22-19-25(11-12-26(22)31)29-24-9-7-21(8-10-24)27(32)18-20-5-3-6-23(28)17-20/h3,5-13,16-17,19,29H,4,14-15,18H2,1-2H3. The van der Waals surface area contributed by atoms with E-state index in [0.717, 1.165) is 30.9 Å². The first-order valence-electron chi connectivity index (χ1n) is 10.9. The highest BCUT2D eigenvalue weighted by molar-refractivity contribution is 5.97. The quantitative estimate of drug-likeness (QED) is 0.337. The highest BCUT2D eigenvalue weighted by Crippen LogP contribution is 2.24. The number of benzene rings is 3. The maximum absolute atomic E-state index is 13.3. The van der Waals surface area contributed by atoms with Crippen molar-refractivity contribution in [1.82, 2.24) is 9.47 Å². The molecule has 0 unspecified atom stereocenters. The largest absolute Gasteiger partial charge is 0.356 e. The van der Waals surface area contributed by atoms with Crippen LogP contribution in [0.3, 0.4) is 0 Å². The molecular weight excluding hydrogens is 401 g/mol. The van der Waals surface area contributed by atoms with Crippen LogP contribution in [-0.4, -0.2) is 35.9 Å². The molecule has 4 rings (SSSR count). The number of hydrogen-bond donors (Lipinski definition) is 1. The molecular formula is C27H28FN3O. The van der Waals surface area contributed by atoms with Crippen LogP contribution in [0, 0.1) is 5.82 Å². The summed E-state index contributed by atoms with van der Waals surface area (Å²) in [6.07, 6.45) is 3.44. The predicted octanol–water partition coefficient (Wildman–Crippen LogP) is 5.90. The van der Waals surface area contributed by atoms with E-state index in [9.17, 15) is 9.18 Å². The van der Waals surface area contributed by atoms with Crippen LogP contribution in [0.1, 0.15) is 22.3 Å². The maximum atomic E-state index is 13.3. The summed E-state index contributed by atoms with van der Waals surface area (Å²) in [6.45, 7) is 2.07. The van der Waals surface area contributed by atoms with E-state index >= 15 is 0 Å². The van der Waals surface area contributed by atoms with Crippen LogP contribution in [0.15, 0.2) is 79.0 Å². The van der Waals surface area contributed by atoms with E-state index in [1.165, 1.54) is 23.0 Å². The Morgan fingerprint density at radius 2 is 1.75 bits per heavy atom. The van der Waals surface area contributed by atoms with E-state index < -0.39 is 0 Å². The molecule has 1 heterocycles. The molecule has 0 radical (unpaired) electrons. The van der Waals surface area contributed by atoms with E-state index in [1.54, 1.807) is 12.1 Å². The normalized spacial score (nSPS) is 11.2. The molecule has 164 valence electrons. The van der Waals surface area contributed by atoms with E-state index in [2.05, 4.69) is 59.3 Å². The van der Waals surface area contributed by atoms with Gasteiger partial charge in [0.2, 0.25) is 0 Å². The van der Waals surface area contributed by atoms with Gasteiger partial charge >= 0.3 is 0 Å². The first kappa shape index (κ1) is 21.8. The summed E-state index contributed by atoms with van der Waals surface area (Å²) in [5.74, 6) is -0.352. The fourth-order valence-electron chi connectivity index (χ4n) is 3.87. The summed E-state index contributed by atoms with van der Waals surface area (Å²) in [7, 11) is 4.19. The van der Waals surface area contributed by atoms with Crippen LogP contribution in [0.25, 0.3) is 10.9 Å². The minimum Gasteiger partial charge on any atom is -0.356 e. The molecule has 0 aliphatic heterocycles. The molecule has 1 aromatic heterocycles. The van der Waals surface area contributed by atoms with Crippen LogP contribution in [-0.2, 0) is 13.0 Å². The molecule has 0 amide bonds. The molecule has 0 bridgehead atoms. The van der Waals surface area contributed by atoms with Crippen molar-refractivity contribution in [2.24, 2.45) is 0 Å². The zero-order valence-corrected chi connectivity index (χ0v) is 18.5. The van der Waals surface area contributed by atoms with Gasteiger partial charge in [0.15, 0.2) is 5.78 Å². The van der Waals surface area contributed by atoms with Crippen molar-refractivity contribution >= 4 is 28.1 Å². The molecule has 0 atom stereocenters. The van der Waals surface area contributed by atoms with Gasteiger partial charge in [-0.3, -0.25) is 4.79 Å². The molecule has 0 fully saturated rings. The lowest BCUT2D eigenvalue weighted by Gasteiger charge is -2.11. The van der Waals surface area contributed by atoms with Crippen LogP contribution in [0.5, 0.6) is 0 Å². The molecule has 0 saturated heterocycles. The number of nitrogens with zero attached hydrogens (tertiary/aromatic N) is 2. The molecule has 32 heavy (non-hydrogen) atoms. The number of halogens is 1. The Balaban J connectivity index is 1.40. The van der Waals surface area contributed by atoms with Crippen LogP contribution in [0.4, 0.5) is 15.8 Å². The van der Waals surface area contributed by atoms with Crippen molar-refractivity contribution in [1.29, 1.82) is 0 Å². The second-order valence-electron chi connectivity index (χ2n) is 8.37. The molecule has 0 spiro atoms. The lowest BCUT2D eigenvalue weighted by molar-refractivity contribution is 0.0993. The van der Waals surface area contributed by atoms with Crippen molar-refractivity contribution < 1.29 is 9.18 Å². The van der Waals surface area contributed by atoms with E-state index in [4.69, 9.17) is 0 Å². The minimum absolute atomic E-state index is 0.0285. The van der Waals surface area contributed by atoms with Crippen LogP contribution >= 0.6 is 0 Å². The van der Waals surface area contributed by atoms with Gasteiger partial charge in [-0.25, -0.2) is 4.39 Å². The van der Waals surface area contributed by atoms with Crippen LogP contribution < -0.4 is 5.32 Å². The number of Topliss-reactive ketones (excluding diaryl/α,β-unsaturated/α-hetero) is 1. The Kier molecular flexibility index (Phi) is 6.66. The smallest absolute Gasteiger partial charge is 0.167 e. The topological polar surface area (TPSA) is 37.3 Å². The predicted molar refractivity (Wildman–Crippen MR) is 129 cm³/mol. The average molecular weight is 430 g/mol. The second-order valence-corrected chi connectivity index (χ2v) is 8.37. The summed E-state index contributed by atoms with van der Waals surface area (Å²) in [4.78, 5) is 14.7. The molecule has 0 saturated carbocycles. The molecule has 5 heteroatoms. The molecule has 0 aliphatic rings. The summed E-state index contributed by atoms with van der Waals surface area (Å²) < 4.78 is 15.6. The number of fused-ring (bicyclic) bond motifs is 1. The highest BCUT2D eigenvalue weighted by atomic mass is 19.1. The Hall–Kier alpha value is -3.44. The Bertz CT molecular complexity index is 1210. The van der Waals surface area contributed by atoms with Gasteiger partial charge < -0.3 is 14.8 Å². The number of rotatable bonds is 9. The van der Waals surface area contributed by atoms with Gasteiger partial charge in [-0.15, -0.1) is 0 Å². The second kappa shape index (κ2) is 9.79. The Labute approximate surface area is 188 Å². The zero-order chi connectivity index (χ0) is 22.5. The average Bonchev–Trinajstić information content (AvgIpc) is 3.16. The van der Waals surface area contributed by atoms with Crippen molar-refractivity contribution in [2.75, 3.05) is 26.0 Å². The summed E-state index contributed by atoms with van der Waals surface area (Å²) in [6, 6.07) is 22.1. The number of nitrogens with one attached hydrogen (secondary N) is 1. The number of hydrogen-bond acceptors (Lipinski definition) is 3. The van der Waals surface area contributed by atoms with Crippen molar-refractivity contribution in [2.45, 2.75) is 19.4 Å². The summed E-state index contributed by atoms with van der Waals surface area (Å²) >= 11 is 0. The fourth-order valence-corrected chi connectivity index (χ4v) is 3.87.